The van der Waals surface area contributed by atoms with Crippen molar-refractivity contribution < 1.29 is 14.3 Å². The molecule has 2 aliphatic heterocycles. The summed E-state index contributed by atoms with van der Waals surface area (Å²) in [6.45, 7) is 4.21. The quantitative estimate of drug-likeness (QED) is 0.605. The molecule has 2 aliphatic rings. The molecule has 2 heterocycles. The second kappa shape index (κ2) is 3.12. The van der Waals surface area contributed by atoms with Crippen molar-refractivity contribution in [3.8, 4) is 0 Å². The number of esters is 1. The van der Waals surface area contributed by atoms with Gasteiger partial charge in [0, 0.05) is 13.1 Å². The Hall–Kier alpha value is -0.870. The lowest BCUT2D eigenvalue weighted by atomic mass is 9.96. The molecule has 72 valence electrons. The summed E-state index contributed by atoms with van der Waals surface area (Å²) in [6.07, 6.45) is 1.89. The summed E-state index contributed by atoms with van der Waals surface area (Å²) in [4.78, 5) is 11.3. The molecule has 0 saturated carbocycles. The van der Waals surface area contributed by atoms with E-state index in [4.69, 9.17) is 9.47 Å². The van der Waals surface area contributed by atoms with Crippen LogP contribution in [0.4, 0.5) is 0 Å². The first-order valence-corrected chi connectivity index (χ1v) is 4.49. The number of ether oxygens (including phenoxy) is 2. The van der Waals surface area contributed by atoms with Gasteiger partial charge in [-0.25, -0.2) is 4.79 Å². The van der Waals surface area contributed by atoms with Crippen molar-refractivity contribution in [2.45, 2.75) is 12.5 Å². The minimum atomic E-state index is -0.244. The Labute approximate surface area is 76.9 Å². The van der Waals surface area contributed by atoms with Crippen LogP contribution >= 0.6 is 0 Å². The van der Waals surface area contributed by atoms with Gasteiger partial charge >= 0.3 is 5.97 Å². The molecule has 0 atom stereocenters. The predicted molar refractivity (Wildman–Crippen MR) is 46.3 cm³/mol. The number of hydrogen-bond donors (Lipinski definition) is 1. The summed E-state index contributed by atoms with van der Waals surface area (Å²) in [6, 6.07) is 0. The molecule has 0 aromatic heterocycles. The Kier molecular flexibility index (Phi) is 2.09. The molecule has 0 aromatic carbocycles. The fourth-order valence-corrected chi connectivity index (χ4v) is 1.54. The molecule has 1 saturated heterocycles. The number of rotatable bonds is 2. The summed E-state index contributed by atoms with van der Waals surface area (Å²) < 4.78 is 10.4. The molecule has 1 spiro atoms. The first-order valence-electron chi connectivity index (χ1n) is 4.49. The molecule has 13 heavy (non-hydrogen) atoms. The van der Waals surface area contributed by atoms with E-state index in [0.29, 0.717) is 18.8 Å². The molecule has 1 fully saturated rings. The van der Waals surface area contributed by atoms with Crippen LogP contribution in [-0.4, -0.2) is 37.9 Å². The van der Waals surface area contributed by atoms with E-state index in [0.717, 1.165) is 13.1 Å². The highest BCUT2D eigenvalue weighted by Gasteiger charge is 2.41. The Balaban J connectivity index is 2.01. The van der Waals surface area contributed by atoms with E-state index in [1.807, 2.05) is 6.08 Å². The fraction of sp³-hybridized carbons (Fsp3) is 0.667. The smallest absolute Gasteiger partial charge is 0.336 e. The fourth-order valence-electron chi connectivity index (χ4n) is 1.54. The number of carbonyl (C=O) groups is 1. The zero-order valence-corrected chi connectivity index (χ0v) is 7.63. The van der Waals surface area contributed by atoms with Gasteiger partial charge in [0.25, 0.3) is 0 Å². The van der Waals surface area contributed by atoms with Crippen LogP contribution in [0.15, 0.2) is 11.6 Å². The molecule has 1 N–H and O–H groups in total. The van der Waals surface area contributed by atoms with Crippen LogP contribution in [-0.2, 0) is 14.3 Å². The van der Waals surface area contributed by atoms with Gasteiger partial charge in [-0.05, 0) is 13.0 Å². The first-order chi connectivity index (χ1) is 6.26. The van der Waals surface area contributed by atoms with Gasteiger partial charge in [-0.3, -0.25) is 0 Å². The largest absolute Gasteiger partial charge is 0.463 e. The molecular weight excluding hydrogens is 170 g/mol. The molecule has 0 bridgehead atoms. The Morgan fingerprint density at radius 2 is 2.54 bits per heavy atom. The zero-order chi connectivity index (χ0) is 9.31. The first kappa shape index (κ1) is 8.72. The Morgan fingerprint density at radius 3 is 3.00 bits per heavy atom. The van der Waals surface area contributed by atoms with Crippen molar-refractivity contribution in [3.05, 3.63) is 11.6 Å². The van der Waals surface area contributed by atoms with Gasteiger partial charge in [-0.2, -0.15) is 0 Å². The predicted octanol–water partition coefficient (Wildman–Crippen LogP) is -0.152. The third-order valence-electron chi connectivity index (χ3n) is 2.34. The lowest BCUT2D eigenvalue weighted by Crippen LogP contribution is -2.58. The highest BCUT2D eigenvalue weighted by molar-refractivity contribution is 5.89. The monoisotopic (exact) mass is 183 g/mol. The maximum absolute atomic E-state index is 11.3. The van der Waals surface area contributed by atoms with Crippen LogP contribution in [0.25, 0.3) is 0 Å². The molecule has 0 radical (unpaired) electrons. The topological polar surface area (TPSA) is 47.6 Å². The second-order valence-electron chi connectivity index (χ2n) is 3.35. The van der Waals surface area contributed by atoms with Crippen LogP contribution in [0.3, 0.4) is 0 Å². The standard InChI is InChI=1S/C9H13NO3/c1-2-12-8(11)7-3-9(13-4-7)5-10-6-9/h3,10H,2,4-6H2,1H3. The van der Waals surface area contributed by atoms with E-state index in [9.17, 15) is 4.79 Å². The molecule has 4 nitrogen and oxygen atoms in total. The molecule has 2 rings (SSSR count). The lowest BCUT2D eigenvalue weighted by Gasteiger charge is -2.36. The summed E-state index contributed by atoms with van der Waals surface area (Å²) in [5.41, 5.74) is 0.450. The van der Waals surface area contributed by atoms with E-state index < -0.39 is 0 Å². The number of carbonyl (C=O) groups excluding carboxylic acids is 1. The van der Waals surface area contributed by atoms with Gasteiger partial charge in [-0.1, -0.05) is 0 Å². The minimum absolute atomic E-state index is 0.206. The van der Waals surface area contributed by atoms with Crippen molar-refractivity contribution in [2.24, 2.45) is 0 Å². The highest BCUT2D eigenvalue weighted by atomic mass is 16.5. The normalized spacial score (nSPS) is 23.9. The highest BCUT2D eigenvalue weighted by Crippen LogP contribution is 2.27. The molecule has 0 aliphatic carbocycles. The number of nitrogens with one attached hydrogen (secondary N) is 1. The van der Waals surface area contributed by atoms with Crippen molar-refractivity contribution in [2.75, 3.05) is 26.3 Å². The van der Waals surface area contributed by atoms with Crippen LogP contribution in [0.5, 0.6) is 0 Å². The van der Waals surface area contributed by atoms with Gasteiger partial charge < -0.3 is 14.8 Å². The van der Waals surface area contributed by atoms with Gasteiger partial charge in [0.2, 0.25) is 0 Å². The summed E-state index contributed by atoms with van der Waals surface area (Å²) in [5.74, 6) is -0.244. The summed E-state index contributed by atoms with van der Waals surface area (Å²) in [7, 11) is 0. The average Bonchev–Trinajstić information content (AvgIpc) is 2.47. The van der Waals surface area contributed by atoms with E-state index in [1.54, 1.807) is 6.92 Å². The molecule has 0 aromatic rings. The molecule has 4 heteroatoms. The van der Waals surface area contributed by atoms with Crippen molar-refractivity contribution in [3.63, 3.8) is 0 Å². The van der Waals surface area contributed by atoms with E-state index in [2.05, 4.69) is 5.32 Å². The second-order valence-corrected chi connectivity index (χ2v) is 3.35. The van der Waals surface area contributed by atoms with Crippen molar-refractivity contribution in [1.82, 2.24) is 5.32 Å². The van der Waals surface area contributed by atoms with Crippen molar-refractivity contribution in [1.29, 1.82) is 0 Å². The van der Waals surface area contributed by atoms with E-state index in [-0.39, 0.29) is 11.6 Å². The van der Waals surface area contributed by atoms with Gasteiger partial charge in [0.05, 0.1) is 18.8 Å². The summed E-state index contributed by atoms with van der Waals surface area (Å²) in [5, 5.41) is 3.11. The van der Waals surface area contributed by atoms with Crippen LogP contribution in [0.2, 0.25) is 0 Å². The third-order valence-corrected chi connectivity index (χ3v) is 2.34. The molecular formula is C9H13NO3. The van der Waals surface area contributed by atoms with E-state index >= 15 is 0 Å². The zero-order valence-electron chi connectivity index (χ0n) is 7.63. The van der Waals surface area contributed by atoms with Crippen molar-refractivity contribution >= 4 is 5.97 Å². The van der Waals surface area contributed by atoms with Crippen LogP contribution in [0.1, 0.15) is 6.92 Å². The summed E-state index contributed by atoms with van der Waals surface area (Å²) >= 11 is 0. The van der Waals surface area contributed by atoms with Gasteiger partial charge in [0.15, 0.2) is 0 Å². The average molecular weight is 183 g/mol. The van der Waals surface area contributed by atoms with Gasteiger partial charge in [-0.15, -0.1) is 0 Å². The van der Waals surface area contributed by atoms with Gasteiger partial charge in [0.1, 0.15) is 5.60 Å². The van der Waals surface area contributed by atoms with Crippen LogP contribution in [0, 0.1) is 0 Å². The van der Waals surface area contributed by atoms with E-state index in [1.165, 1.54) is 0 Å². The maximum Gasteiger partial charge on any atom is 0.336 e. The van der Waals surface area contributed by atoms with Crippen LogP contribution < -0.4 is 5.32 Å². The molecule has 0 amide bonds. The Bertz CT molecular complexity index is 256. The molecule has 0 unspecified atom stereocenters. The SMILES string of the molecule is CCOC(=O)C1=CC2(CNC2)OC1. The Morgan fingerprint density at radius 1 is 1.77 bits per heavy atom. The minimum Gasteiger partial charge on any atom is -0.463 e. The third kappa shape index (κ3) is 1.47. The lowest BCUT2D eigenvalue weighted by molar-refractivity contribution is -0.139. The maximum atomic E-state index is 11.3. The number of hydrogen-bond acceptors (Lipinski definition) is 4.